The van der Waals surface area contributed by atoms with Gasteiger partial charge in [-0.3, -0.25) is 9.59 Å². The lowest BCUT2D eigenvalue weighted by Gasteiger charge is -2.31. The van der Waals surface area contributed by atoms with E-state index in [1.807, 2.05) is 0 Å². The average Bonchev–Trinajstić information content (AvgIpc) is 3.47. The quantitative estimate of drug-likeness (QED) is 0.376. The molecule has 0 radical (unpaired) electrons. The van der Waals surface area contributed by atoms with Gasteiger partial charge in [0.25, 0.3) is 0 Å². The van der Waals surface area contributed by atoms with Crippen molar-refractivity contribution >= 4 is 23.9 Å². The van der Waals surface area contributed by atoms with Crippen LogP contribution < -0.4 is 0 Å². The van der Waals surface area contributed by atoms with E-state index in [2.05, 4.69) is 9.47 Å². The van der Waals surface area contributed by atoms with Gasteiger partial charge in [0.05, 0.1) is 40.3 Å². The molecule has 6 atom stereocenters. The summed E-state index contributed by atoms with van der Waals surface area (Å²) in [5.74, 6) is -3.23. The summed E-state index contributed by atoms with van der Waals surface area (Å²) in [6.45, 7) is 0. The maximum Gasteiger partial charge on any atom is 0.330 e. The number of methoxy groups -OCH3 is 4. The molecule has 8 heteroatoms. The highest BCUT2D eigenvalue weighted by molar-refractivity contribution is 5.91. The number of hydrogen-bond donors (Lipinski definition) is 0. The third-order valence-electron chi connectivity index (χ3n) is 6.07. The Morgan fingerprint density at radius 2 is 1.00 bits per heavy atom. The summed E-state index contributed by atoms with van der Waals surface area (Å²) in [4.78, 5) is 47.5. The van der Waals surface area contributed by atoms with Crippen LogP contribution in [0.15, 0.2) is 24.3 Å². The monoisotopic (exact) mass is 364 g/mol. The number of esters is 4. The Kier molecular flexibility index (Phi) is 4.17. The molecule has 0 aromatic rings. The second-order valence-electron chi connectivity index (χ2n) is 6.63. The summed E-state index contributed by atoms with van der Waals surface area (Å²) in [5.41, 5.74) is -1.55. The van der Waals surface area contributed by atoms with Gasteiger partial charge in [-0.15, -0.1) is 0 Å². The fourth-order valence-electron chi connectivity index (χ4n) is 5.10. The molecular weight excluding hydrogens is 344 g/mol. The molecule has 26 heavy (non-hydrogen) atoms. The molecule has 3 rings (SSSR count). The first-order chi connectivity index (χ1) is 12.4. The molecule has 0 amide bonds. The van der Waals surface area contributed by atoms with E-state index >= 15 is 0 Å². The fourth-order valence-corrected chi connectivity index (χ4v) is 5.10. The molecule has 0 unspecified atom stereocenters. The van der Waals surface area contributed by atoms with Crippen LogP contribution in [-0.4, -0.2) is 52.3 Å². The molecule has 0 saturated heterocycles. The Bertz CT molecular complexity index is 675. The van der Waals surface area contributed by atoms with E-state index in [0.29, 0.717) is 0 Å². The number of fused-ring (bicyclic) bond motifs is 4. The Morgan fingerprint density at radius 1 is 0.654 bits per heavy atom. The number of ether oxygens (including phenoxy) is 4. The molecule has 140 valence electrons. The van der Waals surface area contributed by atoms with E-state index in [9.17, 15) is 19.2 Å². The minimum absolute atomic E-state index is 0.151. The second kappa shape index (κ2) is 5.96. The molecule has 0 N–H and O–H groups in total. The maximum absolute atomic E-state index is 12.2. The van der Waals surface area contributed by atoms with E-state index in [1.165, 1.54) is 40.6 Å². The molecule has 3 fully saturated rings. The summed E-state index contributed by atoms with van der Waals surface area (Å²) in [6, 6.07) is 0. The van der Waals surface area contributed by atoms with E-state index in [-0.39, 0.29) is 11.8 Å². The van der Waals surface area contributed by atoms with Crippen LogP contribution in [0.2, 0.25) is 0 Å². The first-order valence-electron chi connectivity index (χ1n) is 8.07. The molecule has 8 nitrogen and oxygen atoms in total. The number of allylic oxidation sites excluding steroid dienone is 2. The van der Waals surface area contributed by atoms with Gasteiger partial charge in [0.1, 0.15) is 0 Å². The van der Waals surface area contributed by atoms with Crippen LogP contribution in [0, 0.1) is 34.5 Å². The minimum atomic E-state index is -0.775. The first-order valence-corrected chi connectivity index (χ1v) is 8.07. The lowest BCUT2D eigenvalue weighted by Crippen LogP contribution is -2.30. The molecule has 0 bridgehead atoms. The number of hydrogen-bond acceptors (Lipinski definition) is 8. The van der Waals surface area contributed by atoms with Crippen LogP contribution in [0.25, 0.3) is 0 Å². The van der Waals surface area contributed by atoms with Gasteiger partial charge in [-0.25, -0.2) is 9.59 Å². The SMILES string of the molecule is COC(=O)/C=C/[C@@]12[C@@H]([C@H]3[C@H](C(=O)OC)[C@]31/C=C/C(=O)OC)[C@@H]2C(=O)OC. The summed E-state index contributed by atoms with van der Waals surface area (Å²) >= 11 is 0. The van der Waals surface area contributed by atoms with E-state index in [4.69, 9.17) is 9.47 Å². The van der Waals surface area contributed by atoms with E-state index < -0.39 is 46.5 Å². The summed E-state index contributed by atoms with van der Waals surface area (Å²) in [6.07, 6.45) is 5.69. The highest BCUT2D eigenvalue weighted by atomic mass is 16.5. The summed E-state index contributed by atoms with van der Waals surface area (Å²) in [7, 11) is 5.07. The number of carbonyl (C=O) groups is 4. The van der Waals surface area contributed by atoms with Crippen molar-refractivity contribution < 1.29 is 38.1 Å². The average molecular weight is 364 g/mol. The van der Waals surface area contributed by atoms with Crippen LogP contribution in [0.1, 0.15) is 0 Å². The van der Waals surface area contributed by atoms with Crippen LogP contribution >= 0.6 is 0 Å². The van der Waals surface area contributed by atoms with Crippen molar-refractivity contribution in [3.8, 4) is 0 Å². The van der Waals surface area contributed by atoms with Gasteiger partial charge in [-0.1, -0.05) is 12.2 Å². The third-order valence-corrected chi connectivity index (χ3v) is 6.07. The van der Waals surface area contributed by atoms with Gasteiger partial charge in [-0.2, -0.15) is 0 Å². The molecule has 0 aliphatic heterocycles. The van der Waals surface area contributed by atoms with Gasteiger partial charge in [0.2, 0.25) is 0 Å². The lowest BCUT2D eigenvalue weighted by molar-refractivity contribution is -0.146. The van der Waals surface area contributed by atoms with Crippen molar-refractivity contribution in [2.45, 2.75) is 0 Å². The molecule has 0 heterocycles. The number of rotatable bonds is 6. The van der Waals surface area contributed by atoms with Crippen molar-refractivity contribution in [2.75, 3.05) is 28.4 Å². The highest BCUT2D eigenvalue weighted by Crippen LogP contribution is 2.98. The van der Waals surface area contributed by atoms with E-state index in [0.717, 1.165) is 0 Å². The Labute approximate surface area is 150 Å². The maximum atomic E-state index is 12.2. The Balaban J connectivity index is 2.00. The molecule has 0 spiro atoms. The largest absolute Gasteiger partial charge is 0.469 e. The van der Waals surface area contributed by atoms with Gasteiger partial charge in [-0.05, 0) is 11.8 Å². The van der Waals surface area contributed by atoms with Gasteiger partial charge in [0, 0.05) is 23.0 Å². The van der Waals surface area contributed by atoms with Crippen LogP contribution in [0.5, 0.6) is 0 Å². The van der Waals surface area contributed by atoms with Crippen molar-refractivity contribution in [2.24, 2.45) is 34.5 Å². The van der Waals surface area contributed by atoms with Gasteiger partial charge in [0.15, 0.2) is 0 Å². The number of carbonyl (C=O) groups excluding carboxylic acids is 4. The topological polar surface area (TPSA) is 105 Å². The highest BCUT2D eigenvalue weighted by Gasteiger charge is 3.00. The van der Waals surface area contributed by atoms with Crippen molar-refractivity contribution in [3.05, 3.63) is 24.3 Å². The van der Waals surface area contributed by atoms with Gasteiger partial charge >= 0.3 is 23.9 Å². The second-order valence-corrected chi connectivity index (χ2v) is 6.63. The van der Waals surface area contributed by atoms with Crippen molar-refractivity contribution in [1.82, 2.24) is 0 Å². The molecule has 3 aliphatic rings. The standard InChI is InChI=1S/C18H20O8/c1-23-9(19)5-7-17-11(13(17)15(21)25-3)12-14(16(22)26-4)18(12,17)8-6-10(20)24-2/h5-8,11-14H,1-4H3/b7-5+,8-6+/t11-,12-,13+,14+,17-,18-/m0/s1. The zero-order chi connectivity index (χ0) is 19.3. The van der Waals surface area contributed by atoms with Crippen molar-refractivity contribution in [1.29, 1.82) is 0 Å². The molecular formula is C18H20O8. The lowest BCUT2D eigenvalue weighted by atomic mass is 9.70. The zero-order valence-corrected chi connectivity index (χ0v) is 14.9. The molecule has 3 saturated carbocycles. The summed E-state index contributed by atoms with van der Waals surface area (Å²) in [5, 5.41) is 0. The van der Waals surface area contributed by atoms with Crippen LogP contribution in [0.3, 0.4) is 0 Å². The van der Waals surface area contributed by atoms with Crippen molar-refractivity contribution in [3.63, 3.8) is 0 Å². The predicted molar refractivity (Wildman–Crippen MR) is 85.2 cm³/mol. The zero-order valence-electron chi connectivity index (χ0n) is 14.9. The van der Waals surface area contributed by atoms with E-state index in [1.54, 1.807) is 12.2 Å². The fraction of sp³-hybridized carbons (Fsp3) is 0.556. The normalized spacial score (nSPS) is 38.6. The van der Waals surface area contributed by atoms with Crippen LogP contribution in [-0.2, 0) is 38.1 Å². The molecule has 3 aliphatic carbocycles. The minimum Gasteiger partial charge on any atom is -0.469 e. The summed E-state index contributed by atoms with van der Waals surface area (Å²) < 4.78 is 19.0. The first kappa shape index (κ1) is 18.2. The van der Waals surface area contributed by atoms with Crippen LogP contribution in [0.4, 0.5) is 0 Å². The molecule has 0 aromatic carbocycles. The Morgan fingerprint density at radius 3 is 1.27 bits per heavy atom. The third kappa shape index (κ3) is 2.01. The smallest absolute Gasteiger partial charge is 0.330 e. The predicted octanol–water partition coefficient (Wildman–Crippen LogP) is 0.269. The Hall–Kier alpha value is -2.64. The van der Waals surface area contributed by atoms with Gasteiger partial charge < -0.3 is 18.9 Å². The molecule has 0 aromatic heterocycles.